The molecule has 10 heteroatoms. The maximum Gasteiger partial charge on any atom is 0.251 e. The molecule has 1 aliphatic rings. The van der Waals surface area contributed by atoms with Gasteiger partial charge in [0.15, 0.2) is 0 Å². The van der Waals surface area contributed by atoms with Gasteiger partial charge in [0.2, 0.25) is 0 Å². The van der Waals surface area contributed by atoms with Crippen molar-refractivity contribution in [2.24, 2.45) is 0 Å². The van der Waals surface area contributed by atoms with Crippen LogP contribution in [-0.2, 0) is 9.47 Å². The van der Waals surface area contributed by atoms with Gasteiger partial charge in [0.05, 0.1) is 32.1 Å². The molecule has 39 heavy (non-hydrogen) atoms. The van der Waals surface area contributed by atoms with Crippen molar-refractivity contribution < 1.29 is 32.5 Å². The number of amides is 1. The lowest BCUT2D eigenvalue weighted by atomic mass is 10.2. The van der Waals surface area contributed by atoms with E-state index in [2.05, 4.69) is 15.1 Å². The Balaban J connectivity index is 1.24. The smallest absolute Gasteiger partial charge is 0.251 e. The molecular weight excluding hydrogens is 508 g/mol. The summed E-state index contributed by atoms with van der Waals surface area (Å²) < 4.78 is 45.9. The lowest BCUT2D eigenvalue weighted by Gasteiger charge is -2.36. The molecule has 2 aromatic rings. The molecule has 0 radical (unpaired) electrons. The third-order valence-corrected chi connectivity index (χ3v) is 6.31. The fraction of sp³-hybridized carbons (Fsp3) is 0.552. The van der Waals surface area contributed by atoms with Crippen molar-refractivity contribution in [2.75, 3.05) is 97.2 Å². The minimum absolute atomic E-state index is 0.0749. The third-order valence-electron chi connectivity index (χ3n) is 6.31. The fourth-order valence-corrected chi connectivity index (χ4v) is 4.26. The van der Waals surface area contributed by atoms with Crippen molar-refractivity contribution >= 4 is 11.6 Å². The number of benzene rings is 2. The number of carbonyl (C=O) groups excluding carboxylic acids is 1. The molecule has 0 unspecified atom stereocenters. The highest BCUT2D eigenvalue weighted by Crippen LogP contribution is 2.28. The highest BCUT2D eigenvalue weighted by Gasteiger charge is 2.19. The summed E-state index contributed by atoms with van der Waals surface area (Å²) in [4.78, 5) is 17.2. The van der Waals surface area contributed by atoms with Gasteiger partial charge in [-0.3, -0.25) is 9.69 Å². The van der Waals surface area contributed by atoms with Gasteiger partial charge in [0, 0.05) is 38.3 Å². The molecule has 0 bridgehead atoms. The summed E-state index contributed by atoms with van der Waals surface area (Å²) in [6, 6.07) is 14.8. The van der Waals surface area contributed by atoms with Gasteiger partial charge in [-0.2, -0.15) is 0 Å². The van der Waals surface area contributed by atoms with Gasteiger partial charge in [-0.1, -0.05) is 12.1 Å². The number of rotatable bonds is 19. The number of anilines is 1. The zero-order chi connectivity index (χ0) is 27.5. The molecule has 1 heterocycles. The van der Waals surface area contributed by atoms with Gasteiger partial charge in [-0.15, -0.1) is 0 Å². The molecule has 1 fully saturated rings. The number of ether oxygens (including phenoxy) is 4. The molecule has 8 nitrogen and oxygen atoms in total. The van der Waals surface area contributed by atoms with Gasteiger partial charge in [-0.25, -0.2) is 8.78 Å². The first kappa shape index (κ1) is 30.6. The third kappa shape index (κ3) is 11.4. The Morgan fingerprint density at radius 2 is 1.46 bits per heavy atom. The van der Waals surface area contributed by atoms with Crippen molar-refractivity contribution in [1.29, 1.82) is 0 Å². The van der Waals surface area contributed by atoms with Crippen LogP contribution in [0.4, 0.5) is 14.5 Å². The van der Waals surface area contributed by atoms with Crippen molar-refractivity contribution in [1.82, 2.24) is 10.2 Å². The van der Waals surface area contributed by atoms with E-state index in [-0.39, 0.29) is 19.1 Å². The standard InChI is InChI=1S/C29H41F2N3O5/c30-11-19-36-21-22-37-23-24-38-26-9-7-25(8-10-26)29(35)32-13-3-4-14-33-15-17-34(18-16-33)27-5-1-2-6-28(27)39-20-12-31/h1-2,5-10H,3-4,11-24H2,(H,32,35). The Labute approximate surface area is 230 Å². The summed E-state index contributed by atoms with van der Waals surface area (Å²) in [6.45, 7) is 6.05. The zero-order valence-electron chi connectivity index (χ0n) is 22.6. The molecule has 0 aliphatic carbocycles. The van der Waals surface area contributed by atoms with Crippen molar-refractivity contribution in [3.8, 4) is 11.5 Å². The molecule has 0 atom stereocenters. The minimum Gasteiger partial charge on any atom is -0.491 e. The normalized spacial score (nSPS) is 13.8. The van der Waals surface area contributed by atoms with E-state index in [1.807, 2.05) is 24.3 Å². The molecule has 1 saturated heterocycles. The van der Waals surface area contributed by atoms with Crippen LogP contribution in [0.25, 0.3) is 0 Å². The zero-order valence-corrected chi connectivity index (χ0v) is 22.6. The summed E-state index contributed by atoms with van der Waals surface area (Å²) in [5, 5.41) is 2.99. The van der Waals surface area contributed by atoms with Gasteiger partial charge < -0.3 is 29.2 Å². The van der Waals surface area contributed by atoms with Crippen LogP contribution in [0.15, 0.2) is 48.5 Å². The number of para-hydroxylation sites is 2. The first-order valence-corrected chi connectivity index (χ1v) is 13.7. The van der Waals surface area contributed by atoms with E-state index in [4.69, 9.17) is 18.9 Å². The molecule has 2 aromatic carbocycles. The van der Waals surface area contributed by atoms with Crippen molar-refractivity contribution in [3.63, 3.8) is 0 Å². The van der Waals surface area contributed by atoms with Crippen LogP contribution < -0.4 is 19.7 Å². The maximum absolute atomic E-state index is 12.5. The molecule has 1 N–H and O–H groups in total. The molecule has 3 rings (SSSR count). The van der Waals surface area contributed by atoms with Gasteiger partial charge >= 0.3 is 0 Å². The molecule has 0 saturated carbocycles. The predicted molar refractivity (Wildman–Crippen MR) is 148 cm³/mol. The van der Waals surface area contributed by atoms with Crippen molar-refractivity contribution in [2.45, 2.75) is 12.8 Å². The number of nitrogens with zero attached hydrogens (tertiary/aromatic N) is 2. The second-order valence-corrected chi connectivity index (χ2v) is 9.08. The number of piperazine rings is 1. The Kier molecular flexibility index (Phi) is 14.4. The maximum atomic E-state index is 12.5. The van der Waals surface area contributed by atoms with E-state index in [1.54, 1.807) is 24.3 Å². The van der Waals surface area contributed by atoms with E-state index in [9.17, 15) is 13.6 Å². The number of carbonyl (C=O) groups is 1. The molecular formula is C29H41F2N3O5. The Bertz CT molecular complexity index is 943. The molecule has 216 valence electrons. The van der Waals surface area contributed by atoms with Crippen LogP contribution in [0.1, 0.15) is 23.2 Å². The number of unbranched alkanes of at least 4 members (excludes halogenated alkanes) is 1. The molecule has 1 aliphatic heterocycles. The van der Waals surface area contributed by atoms with Gasteiger partial charge in [0.1, 0.15) is 38.1 Å². The SMILES string of the molecule is O=C(NCCCCN1CCN(c2ccccc2OCCF)CC1)c1ccc(OCCOCCOCCF)cc1. The Morgan fingerprint density at radius 1 is 0.769 bits per heavy atom. The monoisotopic (exact) mass is 549 g/mol. The van der Waals surface area contributed by atoms with Gasteiger partial charge in [-0.05, 0) is 55.8 Å². The van der Waals surface area contributed by atoms with E-state index in [0.29, 0.717) is 44.3 Å². The second-order valence-electron chi connectivity index (χ2n) is 9.08. The minimum atomic E-state index is -0.497. The predicted octanol–water partition coefficient (Wildman–Crippen LogP) is 3.75. The Hall–Kier alpha value is -2.95. The average molecular weight is 550 g/mol. The number of hydrogen-bond donors (Lipinski definition) is 1. The molecule has 1 amide bonds. The molecule has 0 aromatic heterocycles. The first-order chi connectivity index (χ1) is 19.2. The largest absolute Gasteiger partial charge is 0.491 e. The number of halogens is 2. The van der Waals surface area contributed by atoms with E-state index in [1.165, 1.54) is 0 Å². The van der Waals surface area contributed by atoms with Crippen molar-refractivity contribution in [3.05, 3.63) is 54.1 Å². The van der Waals surface area contributed by atoms with Crippen LogP contribution >= 0.6 is 0 Å². The number of alkyl halides is 2. The van der Waals surface area contributed by atoms with Gasteiger partial charge in [0.25, 0.3) is 5.91 Å². The van der Waals surface area contributed by atoms with Crippen LogP contribution in [0.2, 0.25) is 0 Å². The van der Waals surface area contributed by atoms with Crippen LogP contribution in [-0.4, -0.2) is 103 Å². The average Bonchev–Trinajstić information content (AvgIpc) is 2.98. The highest BCUT2D eigenvalue weighted by molar-refractivity contribution is 5.94. The topological polar surface area (TPSA) is 72.5 Å². The van der Waals surface area contributed by atoms with Crippen LogP contribution in [0, 0.1) is 0 Å². The lowest BCUT2D eigenvalue weighted by molar-refractivity contribution is 0.0325. The van der Waals surface area contributed by atoms with E-state index < -0.39 is 13.3 Å². The number of nitrogens with one attached hydrogen (secondary N) is 1. The highest BCUT2D eigenvalue weighted by atomic mass is 19.1. The Morgan fingerprint density at radius 3 is 2.21 bits per heavy atom. The summed E-state index contributed by atoms with van der Waals surface area (Å²) in [5.41, 5.74) is 1.62. The van der Waals surface area contributed by atoms with Crippen LogP contribution in [0.5, 0.6) is 11.5 Å². The summed E-state index contributed by atoms with van der Waals surface area (Å²) in [7, 11) is 0. The lowest BCUT2D eigenvalue weighted by Crippen LogP contribution is -2.46. The molecule has 0 spiro atoms. The number of hydrogen-bond acceptors (Lipinski definition) is 7. The summed E-state index contributed by atoms with van der Waals surface area (Å²) >= 11 is 0. The second kappa shape index (κ2) is 18.4. The van der Waals surface area contributed by atoms with E-state index >= 15 is 0 Å². The summed E-state index contributed by atoms with van der Waals surface area (Å²) in [6.07, 6.45) is 1.92. The fourth-order valence-electron chi connectivity index (χ4n) is 4.26. The van der Waals surface area contributed by atoms with Crippen LogP contribution in [0.3, 0.4) is 0 Å². The van der Waals surface area contributed by atoms with E-state index in [0.717, 1.165) is 57.0 Å². The first-order valence-electron chi connectivity index (χ1n) is 13.7. The quantitative estimate of drug-likeness (QED) is 0.268. The summed E-state index contributed by atoms with van der Waals surface area (Å²) in [5.74, 6) is 1.31.